The van der Waals surface area contributed by atoms with Crippen molar-refractivity contribution in [3.05, 3.63) is 0 Å². The molecule has 0 bridgehead atoms. The van der Waals surface area contributed by atoms with Crippen molar-refractivity contribution in [1.29, 1.82) is 0 Å². The van der Waals surface area contributed by atoms with Gasteiger partial charge in [0.15, 0.2) is 0 Å². The van der Waals surface area contributed by atoms with Crippen molar-refractivity contribution < 1.29 is 17.9 Å². The van der Waals surface area contributed by atoms with Gasteiger partial charge in [0.1, 0.15) is 0 Å². The van der Waals surface area contributed by atoms with Crippen LogP contribution in [0.25, 0.3) is 0 Å². The molecule has 15 heavy (non-hydrogen) atoms. The Balaban J connectivity index is 3.87. The SMILES string of the molecule is CCNCC(C)(CC)OCCC(F)(F)F. The van der Waals surface area contributed by atoms with Gasteiger partial charge >= 0.3 is 6.18 Å². The summed E-state index contributed by atoms with van der Waals surface area (Å²) in [6, 6.07) is 0. The van der Waals surface area contributed by atoms with Gasteiger partial charge < -0.3 is 10.1 Å². The van der Waals surface area contributed by atoms with Crippen LogP contribution in [-0.2, 0) is 4.74 Å². The monoisotopic (exact) mass is 227 g/mol. The molecule has 0 fully saturated rings. The Bertz CT molecular complexity index is 173. The number of nitrogens with one attached hydrogen (secondary N) is 1. The fourth-order valence-electron chi connectivity index (χ4n) is 1.08. The third-order valence-electron chi connectivity index (χ3n) is 2.33. The second-order valence-electron chi connectivity index (χ2n) is 3.80. The molecule has 0 amide bonds. The predicted molar refractivity (Wildman–Crippen MR) is 53.9 cm³/mol. The Morgan fingerprint density at radius 2 is 1.80 bits per heavy atom. The van der Waals surface area contributed by atoms with E-state index in [0.717, 1.165) is 6.54 Å². The summed E-state index contributed by atoms with van der Waals surface area (Å²) in [5.41, 5.74) is -0.499. The van der Waals surface area contributed by atoms with Gasteiger partial charge in [0.05, 0.1) is 18.6 Å². The lowest BCUT2D eigenvalue weighted by Crippen LogP contribution is -2.40. The van der Waals surface area contributed by atoms with Crippen LogP contribution in [0.2, 0.25) is 0 Å². The lowest BCUT2D eigenvalue weighted by molar-refractivity contribution is -0.156. The van der Waals surface area contributed by atoms with Crippen molar-refractivity contribution in [1.82, 2.24) is 5.32 Å². The van der Waals surface area contributed by atoms with Crippen LogP contribution in [-0.4, -0.2) is 31.5 Å². The number of alkyl halides is 3. The summed E-state index contributed by atoms with van der Waals surface area (Å²) >= 11 is 0. The van der Waals surface area contributed by atoms with Crippen LogP contribution >= 0.6 is 0 Å². The molecule has 0 aromatic heterocycles. The van der Waals surface area contributed by atoms with Gasteiger partial charge in [-0.3, -0.25) is 0 Å². The number of halogens is 3. The first kappa shape index (κ1) is 14.7. The summed E-state index contributed by atoms with van der Waals surface area (Å²) < 4.78 is 40.9. The Morgan fingerprint density at radius 1 is 1.20 bits per heavy atom. The summed E-state index contributed by atoms with van der Waals surface area (Å²) in [5, 5.41) is 3.08. The van der Waals surface area contributed by atoms with Crippen LogP contribution in [0.1, 0.15) is 33.6 Å². The normalized spacial score (nSPS) is 16.4. The number of rotatable bonds is 7. The lowest BCUT2D eigenvalue weighted by Gasteiger charge is -2.29. The second-order valence-corrected chi connectivity index (χ2v) is 3.80. The Morgan fingerprint density at radius 3 is 2.20 bits per heavy atom. The molecule has 92 valence electrons. The van der Waals surface area contributed by atoms with E-state index in [1.807, 2.05) is 20.8 Å². The zero-order valence-corrected chi connectivity index (χ0v) is 9.58. The third kappa shape index (κ3) is 7.62. The smallest absolute Gasteiger partial charge is 0.374 e. The van der Waals surface area contributed by atoms with Crippen LogP contribution in [0.5, 0.6) is 0 Å². The Labute approximate surface area is 89.2 Å². The number of likely N-dealkylation sites (N-methyl/N-ethyl adjacent to an activating group) is 1. The molecule has 0 saturated heterocycles. The van der Waals surface area contributed by atoms with Crippen LogP contribution in [0.3, 0.4) is 0 Å². The van der Waals surface area contributed by atoms with Gasteiger partial charge in [-0.15, -0.1) is 0 Å². The minimum atomic E-state index is -4.13. The highest BCUT2D eigenvalue weighted by molar-refractivity contribution is 4.76. The van der Waals surface area contributed by atoms with E-state index in [1.54, 1.807) is 0 Å². The first-order valence-electron chi connectivity index (χ1n) is 5.24. The summed E-state index contributed by atoms with van der Waals surface area (Å²) in [6.45, 7) is 6.79. The third-order valence-corrected chi connectivity index (χ3v) is 2.33. The van der Waals surface area contributed by atoms with E-state index in [9.17, 15) is 13.2 Å². The number of ether oxygens (including phenoxy) is 1. The van der Waals surface area contributed by atoms with Crippen LogP contribution in [0.4, 0.5) is 13.2 Å². The lowest BCUT2D eigenvalue weighted by atomic mass is 10.0. The molecule has 0 aliphatic rings. The molecule has 0 heterocycles. The van der Waals surface area contributed by atoms with Crippen molar-refractivity contribution in [2.45, 2.75) is 45.4 Å². The first-order valence-corrected chi connectivity index (χ1v) is 5.24. The second kappa shape index (κ2) is 6.33. The molecule has 0 rings (SSSR count). The van der Waals surface area contributed by atoms with Crippen molar-refractivity contribution in [3.63, 3.8) is 0 Å². The fourth-order valence-corrected chi connectivity index (χ4v) is 1.08. The van der Waals surface area contributed by atoms with E-state index in [0.29, 0.717) is 13.0 Å². The largest absolute Gasteiger partial charge is 0.391 e. The van der Waals surface area contributed by atoms with Gasteiger partial charge in [-0.05, 0) is 19.9 Å². The van der Waals surface area contributed by atoms with Gasteiger partial charge in [-0.2, -0.15) is 13.2 Å². The molecule has 1 atom stereocenters. The molecule has 1 N–H and O–H groups in total. The van der Waals surface area contributed by atoms with Gasteiger partial charge in [0, 0.05) is 6.54 Å². The van der Waals surface area contributed by atoms with E-state index in [-0.39, 0.29) is 6.61 Å². The van der Waals surface area contributed by atoms with E-state index in [4.69, 9.17) is 4.74 Å². The molecule has 0 aromatic carbocycles. The number of hydrogen-bond acceptors (Lipinski definition) is 2. The quantitative estimate of drug-likeness (QED) is 0.722. The van der Waals surface area contributed by atoms with Crippen LogP contribution in [0.15, 0.2) is 0 Å². The molecule has 0 radical (unpaired) electrons. The average molecular weight is 227 g/mol. The average Bonchev–Trinajstić information content (AvgIpc) is 2.13. The standard InChI is InChI=1S/C10H20F3NO/c1-4-9(3,8-14-5-2)15-7-6-10(11,12)13/h14H,4-8H2,1-3H3. The van der Waals surface area contributed by atoms with Crippen molar-refractivity contribution in [3.8, 4) is 0 Å². The maximum Gasteiger partial charge on any atom is 0.391 e. The topological polar surface area (TPSA) is 21.3 Å². The highest BCUT2D eigenvalue weighted by Crippen LogP contribution is 2.22. The van der Waals surface area contributed by atoms with E-state index in [1.165, 1.54) is 0 Å². The zero-order chi connectivity index (χ0) is 11.9. The summed E-state index contributed by atoms with van der Waals surface area (Å²) in [4.78, 5) is 0. The van der Waals surface area contributed by atoms with Crippen molar-refractivity contribution in [2.75, 3.05) is 19.7 Å². The van der Waals surface area contributed by atoms with Gasteiger partial charge in [0.2, 0.25) is 0 Å². The molecule has 0 spiro atoms. The van der Waals surface area contributed by atoms with Crippen molar-refractivity contribution in [2.24, 2.45) is 0 Å². The molecule has 0 aliphatic carbocycles. The Kier molecular flexibility index (Phi) is 6.20. The van der Waals surface area contributed by atoms with E-state index < -0.39 is 18.2 Å². The van der Waals surface area contributed by atoms with Crippen LogP contribution in [0, 0.1) is 0 Å². The van der Waals surface area contributed by atoms with Gasteiger partial charge in [0.25, 0.3) is 0 Å². The minimum Gasteiger partial charge on any atom is -0.374 e. The molecule has 0 saturated carbocycles. The molecule has 5 heteroatoms. The number of hydrogen-bond donors (Lipinski definition) is 1. The maximum absolute atomic E-state index is 11.9. The minimum absolute atomic E-state index is 0.265. The fraction of sp³-hybridized carbons (Fsp3) is 1.00. The maximum atomic E-state index is 11.9. The van der Waals surface area contributed by atoms with Crippen molar-refractivity contribution >= 4 is 0 Å². The van der Waals surface area contributed by atoms with Gasteiger partial charge in [-0.25, -0.2) is 0 Å². The van der Waals surface area contributed by atoms with Crippen LogP contribution < -0.4 is 5.32 Å². The molecular weight excluding hydrogens is 207 g/mol. The zero-order valence-electron chi connectivity index (χ0n) is 9.58. The molecular formula is C10H20F3NO. The first-order chi connectivity index (χ1) is 6.83. The van der Waals surface area contributed by atoms with Gasteiger partial charge in [-0.1, -0.05) is 13.8 Å². The molecule has 0 aromatic rings. The summed E-state index contributed by atoms with van der Waals surface area (Å²) in [7, 11) is 0. The Hall–Kier alpha value is -0.290. The summed E-state index contributed by atoms with van der Waals surface area (Å²) in [5.74, 6) is 0. The van der Waals surface area contributed by atoms with E-state index >= 15 is 0 Å². The van der Waals surface area contributed by atoms with E-state index in [2.05, 4.69) is 5.32 Å². The predicted octanol–water partition coefficient (Wildman–Crippen LogP) is 2.73. The molecule has 2 nitrogen and oxygen atoms in total. The summed E-state index contributed by atoms with van der Waals surface area (Å²) in [6.07, 6.45) is -4.32. The highest BCUT2D eigenvalue weighted by Gasteiger charge is 2.29. The molecule has 0 aliphatic heterocycles. The highest BCUT2D eigenvalue weighted by atomic mass is 19.4. The molecule has 1 unspecified atom stereocenters.